The van der Waals surface area contributed by atoms with Crippen LogP contribution >= 0.6 is 11.6 Å². The number of aliphatic hydroxyl groups excluding tert-OH is 1. The van der Waals surface area contributed by atoms with E-state index in [0.717, 1.165) is 56.3 Å². The Kier molecular flexibility index (Phi) is 7.76. The Morgan fingerprint density at radius 1 is 1.18 bits per heavy atom. The van der Waals surface area contributed by atoms with Crippen molar-refractivity contribution in [3.05, 3.63) is 68.9 Å². The number of halogens is 1. The fourth-order valence-corrected chi connectivity index (χ4v) is 4.62. The smallest absolute Gasteiger partial charge is 0.277 e. The first-order valence-electron chi connectivity index (χ1n) is 11.9. The van der Waals surface area contributed by atoms with Gasteiger partial charge in [0.05, 0.1) is 16.6 Å². The van der Waals surface area contributed by atoms with Gasteiger partial charge in [-0.25, -0.2) is 0 Å². The molecule has 0 saturated carbocycles. The van der Waals surface area contributed by atoms with E-state index in [9.17, 15) is 15.2 Å². The first kappa shape index (κ1) is 24.5. The summed E-state index contributed by atoms with van der Waals surface area (Å²) in [6, 6.07) is 10.7. The molecule has 1 aromatic heterocycles. The first-order valence-corrected chi connectivity index (χ1v) is 12.3. The maximum absolute atomic E-state index is 11.4. The third kappa shape index (κ3) is 5.90. The fourth-order valence-electron chi connectivity index (χ4n) is 4.46. The topological polar surface area (TPSA) is 80.8 Å². The van der Waals surface area contributed by atoms with Gasteiger partial charge in [0.25, 0.3) is 5.69 Å². The lowest BCUT2D eigenvalue weighted by atomic mass is 10.1. The van der Waals surface area contributed by atoms with Gasteiger partial charge in [0, 0.05) is 54.4 Å². The SMILES string of the molecule is CC(C)CCn1cc(CN2CCC(O)CC2)c2cc(OCc3ccc(Cl)cc3[N+](=O)[O-])ccc21. The molecule has 0 atom stereocenters. The number of piperidine rings is 1. The van der Waals surface area contributed by atoms with Crippen LogP contribution in [0.1, 0.15) is 44.2 Å². The highest BCUT2D eigenvalue weighted by Crippen LogP contribution is 2.30. The third-order valence-corrected chi connectivity index (χ3v) is 6.71. The standard InChI is InChI=1S/C26H32ClN3O4/c1-18(2)7-12-29-16-20(15-28-10-8-22(31)9-11-28)24-14-23(5-6-25(24)29)34-17-19-3-4-21(27)13-26(19)30(32)33/h3-6,13-14,16,18,22,31H,7-12,15,17H2,1-2H3. The van der Waals surface area contributed by atoms with Crippen LogP contribution in [0, 0.1) is 16.0 Å². The fraction of sp³-hybridized carbons (Fsp3) is 0.462. The van der Waals surface area contributed by atoms with Gasteiger partial charge in [0.15, 0.2) is 0 Å². The second-order valence-corrected chi connectivity index (χ2v) is 9.97. The van der Waals surface area contributed by atoms with E-state index in [0.29, 0.717) is 22.3 Å². The summed E-state index contributed by atoms with van der Waals surface area (Å²) in [5.74, 6) is 1.29. The molecule has 0 radical (unpaired) electrons. The molecule has 0 amide bonds. The minimum absolute atomic E-state index is 0.0404. The van der Waals surface area contributed by atoms with Gasteiger partial charge in [-0.2, -0.15) is 0 Å². The van der Waals surface area contributed by atoms with E-state index in [2.05, 4.69) is 35.6 Å². The summed E-state index contributed by atoms with van der Waals surface area (Å²) in [6.07, 6.45) is 4.75. The van der Waals surface area contributed by atoms with Crippen LogP contribution in [0.25, 0.3) is 10.9 Å². The second kappa shape index (κ2) is 10.8. The summed E-state index contributed by atoms with van der Waals surface area (Å²) in [4.78, 5) is 13.3. The lowest BCUT2D eigenvalue weighted by Crippen LogP contribution is -2.35. The molecule has 8 heteroatoms. The normalized spacial score (nSPS) is 15.3. The van der Waals surface area contributed by atoms with E-state index in [1.165, 1.54) is 11.6 Å². The molecule has 4 rings (SSSR count). The van der Waals surface area contributed by atoms with Crippen LogP contribution in [0.15, 0.2) is 42.6 Å². The van der Waals surface area contributed by atoms with Crippen molar-refractivity contribution in [2.45, 2.75) is 58.9 Å². The number of hydrogen-bond acceptors (Lipinski definition) is 5. The average Bonchev–Trinajstić information content (AvgIpc) is 3.15. The largest absolute Gasteiger partial charge is 0.489 e. The number of rotatable bonds is 9. The van der Waals surface area contributed by atoms with Gasteiger partial charge < -0.3 is 14.4 Å². The van der Waals surface area contributed by atoms with Crippen molar-refractivity contribution in [2.24, 2.45) is 5.92 Å². The van der Waals surface area contributed by atoms with Gasteiger partial charge in [-0.1, -0.05) is 25.4 Å². The predicted octanol–water partition coefficient (Wildman–Crippen LogP) is 5.78. The number of likely N-dealkylation sites (tertiary alicyclic amines) is 1. The van der Waals surface area contributed by atoms with Crippen molar-refractivity contribution < 1.29 is 14.8 Å². The molecule has 0 aliphatic carbocycles. The Morgan fingerprint density at radius 3 is 2.65 bits per heavy atom. The molecular formula is C26H32ClN3O4. The van der Waals surface area contributed by atoms with Gasteiger partial charge in [-0.15, -0.1) is 0 Å². The number of benzene rings is 2. The molecule has 1 N–H and O–H groups in total. The van der Waals surface area contributed by atoms with E-state index >= 15 is 0 Å². The molecule has 1 aliphatic heterocycles. The molecule has 2 aromatic carbocycles. The Bertz CT molecular complexity index is 1150. The van der Waals surface area contributed by atoms with E-state index in [-0.39, 0.29) is 18.4 Å². The van der Waals surface area contributed by atoms with Gasteiger partial charge in [-0.3, -0.25) is 15.0 Å². The number of fused-ring (bicyclic) bond motifs is 1. The second-order valence-electron chi connectivity index (χ2n) is 9.54. The number of aliphatic hydroxyl groups is 1. The average molecular weight is 486 g/mol. The molecule has 7 nitrogen and oxygen atoms in total. The van der Waals surface area contributed by atoms with Crippen LogP contribution in [0.3, 0.4) is 0 Å². The Morgan fingerprint density at radius 2 is 1.94 bits per heavy atom. The minimum atomic E-state index is -0.434. The molecule has 182 valence electrons. The molecule has 1 aliphatic rings. The number of nitrogens with zero attached hydrogens (tertiary/aromatic N) is 3. The van der Waals surface area contributed by atoms with Crippen LogP contribution < -0.4 is 4.74 Å². The highest BCUT2D eigenvalue weighted by atomic mass is 35.5. The van der Waals surface area contributed by atoms with Crippen molar-refractivity contribution in [1.82, 2.24) is 9.47 Å². The maximum Gasteiger partial charge on any atom is 0.277 e. The molecule has 34 heavy (non-hydrogen) atoms. The van der Waals surface area contributed by atoms with Crippen molar-refractivity contribution in [3.8, 4) is 5.75 Å². The first-order chi connectivity index (χ1) is 16.3. The molecular weight excluding hydrogens is 454 g/mol. The van der Waals surface area contributed by atoms with Crippen molar-refractivity contribution in [1.29, 1.82) is 0 Å². The van der Waals surface area contributed by atoms with Gasteiger partial charge >= 0.3 is 0 Å². The van der Waals surface area contributed by atoms with Gasteiger partial charge in [0.2, 0.25) is 0 Å². The van der Waals surface area contributed by atoms with Crippen molar-refractivity contribution in [3.63, 3.8) is 0 Å². The number of ether oxygens (including phenoxy) is 1. The van der Waals surface area contributed by atoms with E-state index in [4.69, 9.17) is 16.3 Å². The van der Waals surface area contributed by atoms with Crippen LogP contribution in [-0.2, 0) is 19.7 Å². The van der Waals surface area contributed by atoms with E-state index in [1.807, 2.05) is 12.1 Å². The molecule has 1 fully saturated rings. The molecule has 1 saturated heterocycles. The summed E-state index contributed by atoms with van der Waals surface area (Å²) in [5.41, 5.74) is 2.84. The molecule has 2 heterocycles. The summed E-state index contributed by atoms with van der Waals surface area (Å²) in [5, 5.41) is 22.7. The van der Waals surface area contributed by atoms with E-state index < -0.39 is 4.92 Å². The lowest BCUT2D eigenvalue weighted by molar-refractivity contribution is -0.385. The molecule has 0 spiro atoms. The summed E-state index contributed by atoms with van der Waals surface area (Å²) in [7, 11) is 0. The Balaban J connectivity index is 1.58. The maximum atomic E-state index is 11.4. The Hall–Kier alpha value is -2.61. The zero-order valence-corrected chi connectivity index (χ0v) is 20.5. The summed E-state index contributed by atoms with van der Waals surface area (Å²) < 4.78 is 8.31. The number of nitro benzene ring substituents is 1. The number of hydrogen-bond donors (Lipinski definition) is 1. The van der Waals surface area contributed by atoms with Crippen LogP contribution in [0.4, 0.5) is 5.69 Å². The van der Waals surface area contributed by atoms with Crippen LogP contribution in [0.2, 0.25) is 5.02 Å². The van der Waals surface area contributed by atoms with E-state index in [1.54, 1.807) is 12.1 Å². The number of aromatic nitrogens is 1. The molecule has 0 unspecified atom stereocenters. The lowest BCUT2D eigenvalue weighted by Gasteiger charge is -2.29. The third-order valence-electron chi connectivity index (χ3n) is 6.47. The summed E-state index contributed by atoms with van der Waals surface area (Å²) in [6.45, 7) is 8.09. The van der Waals surface area contributed by atoms with Crippen molar-refractivity contribution >= 4 is 28.2 Å². The minimum Gasteiger partial charge on any atom is -0.489 e. The zero-order valence-electron chi connectivity index (χ0n) is 19.7. The summed E-state index contributed by atoms with van der Waals surface area (Å²) >= 11 is 5.93. The quantitative estimate of drug-likeness (QED) is 0.306. The molecule has 0 bridgehead atoms. The number of nitro groups is 1. The van der Waals surface area contributed by atoms with Crippen LogP contribution in [-0.4, -0.2) is 38.7 Å². The van der Waals surface area contributed by atoms with Crippen LogP contribution in [0.5, 0.6) is 5.75 Å². The van der Waals surface area contributed by atoms with Gasteiger partial charge in [0.1, 0.15) is 12.4 Å². The number of aryl methyl sites for hydroxylation is 1. The molecule has 3 aromatic rings. The van der Waals surface area contributed by atoms with Crippen molar-refractivity contribution in [2.75, 3.05) is 13.1 Å². The monoisotopic (exact) mass is 485 g/mol. The highest BCUT2D eigenvalue weighted by molar-refractivity contribution is 6.30. The zero-order chi connectivity index (χ0) is 24.2. The predicted molar refractivity (Wildman–Crippen MR) is 134 cm³/mol. The highest BCUT2D eigenvalue weighted by Gasteiger charge is 2.20. The van der Waals surface area contributed by atoms with Gasteiger partial charge in [-0.05, 0) is 61.1 Å². The Labute approximate surface area is 205 Å².